The molecule has 5 nitrogen and oxygen atoms in total. The van der Waals surface area contributed by atoms with Gasteiger partial charge in [0.15, 0.2) is 0 Å². The molecule has 0 radical (unpaired) electrons. The maximum atomic E-state index is 12.8. The molecule has 2 fully saturated rings. The Balaban J connectivity index is 0.00000182. The molecule has 2 aliphatic rings. The molecule has 1 aromatic heterocycles. The van der Waals surface area contributed by atoms with E-state index in [0.717, 1.165) is 42.3 Å². The number of carbonyl (C=O) groups excluding carboxylic acids is 1. The van der Waals surface area contributed by atoms with Crippen LogP contribution in [0.25, 0.3) is 5.69 Å². The van der Waals surface area contributed by atoms with E-state index in [1.807, 2.05) is 47.7 Å². The van der Waals surface area contributed by atoms with Gasteiger partial charge in [-0.15, -0.1) is 12.4 Å². The molecular formula is C19H25ClN4O. The smallest absolute Gasteiger partial charge is 0.253 e. The number of likely N-dealkylation sites (tertiary alicyclic amines) is 1. The van der Waals surface area contributed by atoms with Gasteiger partial charge in [0.2, 0.25) is 0 Å². The highest BCUT2D eigenvalue weighted by molar-refractivity contribution is 5.94. The zero-order valence-corrected chi connectivity index (χ0v) is 15.6. The van der Waals surface area contributed by atoms with E-state index in [0.29, 0.717) is 12.0 Å². The summed E-state index contributed by atoms with van der Waals surface area (Å²) < 4.78 is 1.91. The second kappa shape index (κ2) is 7.18. The Morgan fingerprint density at radius 3 is 2.60 bits per heavy atom. The van der Waals surface area contributed by atoms with Crippen LogP contribution in [0.1, 0.15) is 34.6 Å². The summed E-state index contributed by atoms with van der Waals surface area (Å²) in [5, 5.41) is 8.05. The van der Waals surface area contributed by atoms with E-state index in [1.165, 1.54) is 12.8 Å². The van der Waals surface area contributed by atoms with Crippen molar-refractivity contribution < 1.29 is 4.79 Å². The molecule has 134 valence electrons. The number of nitrogens with zero attached hydrogens (tertiary/aromatic N) is 3. The molecular weight excluding hydrogens is 336 g/mol. The first-order chi connectivity index (χ1) is 11.6. The van der Waals surface area contributed by atoms with Crippen LogP contribution in [-0.4, -0.2) is 46.3 Å². The number of amides is 1. The van der Waals surface area contributed by atoms with E-state index in [9.17, 15) is 4.79 Å². The quantitative estimate of drug-likeness (QED) is 0.895. The minimum Gasteiger partial charge on any atom is -0.337 e. The highest BCUT2D eigenvalue weighted by atomic mass is 35.5. The number of benzene rings is 1. The predicted molar refractivity (Wildman–Crippen MR) is 101 cm³/mol. The van der Waals surface area contributed by atoms with Gasteiger partial charge in [-0.1, -0.05) is 0 Å². The van der Waals surface area contributed by atoms with Gasteiger partial charge in [0.25, 0.3) is 5.91 Å². The monoisotopic (exact) mass is 360 g/mol. The molecule has 0 unspecified atom stereocenters. The van der Waals surface area contributed by atoms with Crippen molar-refractivity contribution in [2.45, 2.75) is 32.7 Å². The number of carbonyl (C=O) groups is 1. The van der Waals surface area contributed by atoms with E-state index in [4.69, 9.17) is 0 Å². The van der Waals surface area contributed by atoms with Crippen LogP contribution < -0.4 is 5.32 Å². The Bertz CT molecular complexity index is 741. The summed E-state index contributed by atoms with van der Waals surface area (Å²) in [5.74, 6) is 0.766. The fourth-order valence-electron chi connectivity index (χ4n) is 4.03. The van der Waals surface area contributed by atoms with Gasteiger partial charge in [0.1, 0.15) is 0 Å². The maximum absolute atomic E-state index is 12.8. The Kier molecular flexibility index (Phi) is 5.16. The lowest BCUT2D eigenvalue weighted by molar-refractivity contribution is 0.0785. The van der Waals surface area contributed by atoms with Crippen LogP contribution in [0.3, 0.4) is 0 Å². The van der Waals surface area contributed by atoms with Crippen molar-refractivity contribution in [2.24, 2.45) is 5.92 Å². The van der Waals surface area contributed by atoms with Gasteiger partial charge >= 0.3 is 0 Å². The first-order valence-corrected chi connectivity index (χ1v) is 8.78. The molecule has 2 aromatic rings. The van der Waals surface area contributed by atoms with E-state index >= 15 is 0 Å². The number of aryl methyl sites for hydroxylation is 2. The number of nitrogens with one attached hydrogen (secondary N) is 1. The van der Waals surface area contributed by atoms with Crippen molar-refractivity contribution in [2.75, 3.05) is 19.6 Å². The molecule has 2 atom stereocenters. The lowest BCUT2D eigenvalue weighted by Gasteiger charge is -2.24. The third kappa shape index (κ3) is 3.44. The summed E-state index contributed by atoms with van der Waals surface area (Å²) in [6.45, 7) is 6.83. The molecule has 0 bridgehead atoms. The van der Waals surface area contributed by atoms with Crippen molar-refractivity contribution in [3.05, 3.63) is 47.3 Å². The van der Waals surface area contributed by atoms with Crippen LogP contribution in [-0.2, 0) is 0 Å². The van der Waals surface area contributed by atoms with Crippen LogP contribution >= 0.6 is 12.4 Å². The minimum absolute atomic E-state index is 0. The van der Waals surface area contributed by atoms with Crippen molar-refractivity contribution in [1.29, 1.82) is 0 Å². The van der Waals surface area contributed by atoms with Crippen LogP contribution in [0.15, 0.2) is 30.3 Å². The van der Waals surface area contributed by atoms with Crippen LogP contribution in [0.4, 0.5) is 0 Å². The van der Waals surface area contributed by atoms with Crippen LogP contribution in [0.5, 0.6) is 0 Å². The number of halogens is 1. The minimum atomic E-state index is 0. The van der Waals surface area contributed by atoms with Crippen molar-refractivity contribution in [3.63, 3.8) is 0 Å². The number of aromatic nitrogens is 2. The molecule has 1 aromatic carbocycles. The van der Waals surface area contributed by atoms with Gasteiger partial charge < -0.3 is 10.2 Å². The van der Waals surface area contributed by atoms with Crippen LogP contribution in [0, 0.1) is 19.8 Å². The van der Waals surface area contributed by atoms with Gasteiger partial charge in [0.05, 0.1) is 11.4 Å². The second-order valence-corrected chi connectivity index (χ2v) is 7.06. The Hall–Kier alpha value is -1.85. The Morgan fingerprint density at radius 2 is 1.96 bits per heavy atom. The molecule has 2 saturated heterocycles. The molecule has 1 N–H and O–H groups in total. The highest BCUT2D eigenvalue weighted by Gasteiger charge is 2.36. The molecule has 4 rings (SSSR count). The largest absolute Gasteiger partial charge is 0.337 e. The van der Waals surface area contributed by atoms with E-state index in [-0.39, 0.29) is 18.3 Å². The molecule has 2 aliphatic heterocycles. The summed E-state index contributed by atoms with van der Waals surface area (Å²) in [4.78, 5) is 14.8. The molecule has 3 heterocycles. The molecule has 0 spiro atoms. The summed E-state index contributed by atoms with van der Waals surface area (Å²) >= 11 is 0. The summed E-state index contributed by atoms with van der Waals surface area (Å²) in [7, 11) is 0. The van der Waals surface area contributed by atoms with E-state index in [2.05, 4.69) is 16.5 Å². The molecule has 25 heavy (non-hydrogen) atoms. The topological polar surface area (TPSA) is 50.2 Å². The first-order valence-electron chi connectivity index (χ1n) is 8.78. The van der Waals surface area contributed by atoms with Gasteiger partial charge in [-0.3, -0.25) is 4.79 Å². The predicted octanol–water partition coefficient (Wildman–Crippen LogP) is 2.73. The average Bonchev–Trinajstić information content (AvgIpc) is 3.17. The molecule has 1 amide bonds. The first kappa shape index (κ1) is 18.0. The van der Waals surface area contributed by atoms with Crippen molar-refractivity contribution >= 4 is 18.3 Å². The summed E-state index contributed by atoms with van der Waals surface area (Å²) in [6, 6.07) is 10.3. The standard InChI is InChI=1S/C19H24N4O.ClH/c1-13-10-14(2)23(21-13)17-7-5-15(6-8-17)19(24)22-11-16-4-3-9-20-18(16)12-22;/h5-8,10,16,18,20H,3-4,9,11-12H2,1-2H3;1H/t16-,18+;/m0./s1. The number of rotatable bonds is 2. The summed E-state index contributed by atoms with van der Waals surface area (Å²) in [5.41, 5.74) is 3.86. The second-order valence-electron chi connectivity index (χ2n) is 7.06. The molecule has 0 aliphatic carbocycles. The average molecular weight is 361 g/mol. The molecule has 0 saturated carbocycles. The zero-order valence-electron chi connectivity index (χ0n) is 14.7. The van der Waals surface area contributed by atoms with Gasteiger partial charge in [-0.2, -0.15) is 5.10 Å². The van der Waals surface area contributed by atoms with Crippen molar-refractivity contribution in [1.82, 2.24) is 20.0 Å². The number of fused-ring (bicyclic) bond motifs is 1. The number of piperidine rings is 1. The highest BCUT2D eigenvalue weighted by Crippen LogP contribution is 2.26. The number of hydrogen-bond donors (Lipinski definition) is 1. The molecule has 6 heteroatoms. The SMILES string of the molecule is Cc1cc(C)n(-c2ccc(C(=O)N3C[C@@H]4CCCN[C@@H]4C3)cc2)n1.Cl. The van der Waals surface area contributed by atoms with Gasteiger partial charge in [-0.25, -0.2) is 4.68 Å². The van der Waals surface area contributed by atoms with Crippen molar-refractivity contribution in [3.8, 4) is 5.69 Å². The number of hydrogen-bond acceptors (Lipinski definition) is 3. The van der Waals surface area contributed by atoms with E-state index in [1.54, 1.807) is 0 Å². The summed E-state index contributed by atoms with van der Waals surface area (Å²) in [6.07, 6.45) is 2.46. The lowest BCUT2D eigenvalue weighted by atomic mass is 9.94. The van der Waals surface area contributed by atoms with Gasteiger partial charge in [0, 0.05) is 30.4 Å². The maximum Gasteiger partial charge on any atom is 0.253 e. The van der Waals surface area contributed by atoms with Crippen LogP contribution in [0.2, 0.25) is 0 Å². The third-order valence-corrected chi connectivity index (χ3v) is 5.25. The van der Waals surface area contributed by atoms with E-state index < -0.39 is 0 Å². The fraction of sp³-hybridized carbons (Fsp3) is 0.474. The Morgan fingerprint density at radius 1 is 1.20 bits per heavy atom. The lowest BCUT2D eigenvalue weighted by Crippen LogP contribution is -2.41. The van der Waals surface area contributed by atoms with Gasteiger partial charge in [-0.05, 0) is 69.5 Å². The third-order valence-electron chi connectivity index (χ3n) is 5.25. The normalized spacial score (nSPS) is 22.4. The fourth-order valence-corrected chi connectivity index (χ4v) is 4.03. The zero-order chi connectivity index (χ0) is 16.7. The Labute approximate surface area is 154 Å².